The quantitative estimate of drug-likeness (QED) is 0.656. The van der Waals surface area contributed by atoms with Crippen molar-refractivity contribution in [1.82, 2.24) is 9.55 Å². The second-order valence-corrected chi connectivity index (χ2v) is 5.31. The summed E-state index contributed by atoms with van der Waals surface area (Å²) in [6, 6.07) is 1.73. The fourth-order valence-corrected chi connectivity index (χ4v) is 2.28. The monoisotopic (exact) mass is 378 g/mol. The summed E-state index contributed by atoms with van der Waals surface area (Å²) < 4.78 is 58.1. The minimum Gasteiger partial charge on any atom is -0.488 e. The molecular weight excluding hydrogens is 368 g/mol. The van der Waals surface area contributed by atoms with Crippen LogP contribution in [-0.2, 0) is 6.18 Å². The number of nitrogens with one attached hydrogen (secondary N) is 1. The molecule has 0 bridgehead atoms. The third-order valence-corrected chi connectivity index (χ3v) is 3.51. The molecule has 0 saturated heterocycles. The second-order valence-electron chi connectivity index (χ2n) is 4.90. The van der Waals surface area contributed by atoms with Crippen molar-refractivity contribution in [2.45, 2.75) is 13.1 Å². The zero-order valence-corrected chi connectivity index (χ0v) is 13.5. The number of alkyl halides is 3. The van der Waals surface area contributed by atoms with E-state index in [9.17, 15) is 27.2 Å². The van der Waals surface area contributed by atoms with Crippen LogP contribution in [0.1, 0.15) is 11.3 Å². The van der Waals surface area contributed by atoms with Crippen molar-refractivity contribution < 1.29 is 22.3 Å². The Balaban J connectivity index is 2.75. The van der Waals surface area contributed by atoms with Crippen molar-refractivity contribution in [3.8, 4) is 11.4 Å². The van der Waals surface area contributed by atoms with E-state index < -0.39 is 40.2 Å². The lowest BCUT2D eigenvalue weighted by molar-refractivity contribution is -0.142. The second kappa shape index (κ2) is 6.75. The lowest BCUT2D eigenvalue weighted by Crippen LogP contribution is -2.38. The largest absolute Gasteiger partial charge is 0.488 e. The maximum atomic E-state index is 14.2. The van der Waals surface area contributed by atoms with E-state index >= 15 is 0 Å². The Morgan fingerprint density at radius 2 is 2.00 bits per heavy atom. The molecule has 0 aliphatic rings. The van der Waals surface area contributed by atoms with E-state index in [1.807, 2.05) is 0 Å². The molecular formula is C15H11ClF4N2O3. The molecule has 0 radical (unpaired) electrons. The van der Waals surface area contributed by atoms with Gasteiger partial charge in [-0.05, 0) is 13.0 Å². The van der Waals surface area contributed by atoms with Crippen LogP contribution in [0.4, 0.5) is 17.6 Å². The predicted molar refractivity (Wildman–Crippen MR) is 83.1 cm³/mol. The molecule has 5 nitrogen and oxygen atoms in total. The number of H-pyrrole nitrogens is 1. The summed E-state index contributed by atoms with van der Waals surface area (Å²) in [5, 5.41) is -0.142. The lowest BCUT2D eigenvalue weighted by atomic mass is 10.2. The number of hydrogen-bond donors (Lipinski definition) is 1. The molecule has 0 atom stereocenters. The van der Waals surface area contributed by atoms with Gasteiger partial charge in [0, 0.05) is 11.6 Å². The molecule has 2 aromatic rings. The molecule has 0 aliphatic heterocycles. The van der Waals surface area contributed by atoms with Crippen LogP contribution < -0.4 is 16.0 Å². The van der Waals surface area contributed by atoms with Gasteiger partial charge in [-0.15, -0.1) is 0 Å². The molecule has 0 unspecified atom stereocenters. The highest BCUT2D eigenvalue weighted by Crippen LogP contribution is 2.30. The number of benzene rings is 1. The van der Waals surface area contributed by atoms with Gasteiger partial charge in [0.15, 0.2) is 0 Å². The van der Waals surface area contributed by atoms with E-state index in [4.69, 9.17) is 16.3 Å². The molecule has 0 saturated carbocycles. The SMILES string of the molecule is C=CCOc1cc(-n2c(=O)[nH]c(C(F)(F)F)c(C)c2=O)c(F)cc1Cl. The molecule has 25 heavy (non-hydrogen) atoms. The maximum absolute atomic E-state index is 14.2. The first-order chi connectivity index (χ1) is 11.6. The summed E-state index contributed by atoms with van der Waals surface area (Å²) in [6.45, 7) is 4.29. The lowest BCUT2D eigenvalue weighted by Gasteiger charge is -2.14. The summed E-state index contributed by atoms with van der Waals surface area (Å²) in [4.78, 5) is 25.7. The molecule has 10 heteroatoms. The predicted octanol–water partition coefficient (Wildman–Crippen LogP) is 3.21. The van der Waals surface area contributed by atoms with Crippen LogP contribution in [0.5, 0.6) is 5.75 Å². The molecule has 0 aliphatic carbocycles. The number of aromatic nitrogens is 2. The Hall–Kier alpha value is -2.55. The third-order valence-electron chi connectivity index (χ3n) is 3.22. The van der Waals surface area contributed by atoms with Gasteiger partial charge in [-0.25, -0.2) is 13.8 Å². The van der Waals surface area contributed by atoms with Gasteiger partial charge in [0.05, 0.1) is 10.7 Å². The van der Waals surface area contributed by atoms with Gasteiger partial charge >= 0.3 is 11.9 Å². The van der Waals surface area contributed by atoms with E-state index in [0.29, 0.717) is 0 Å². The standard InChI is InChI=1S/C15H11ClF4N2O3/c1-3-4-25-11-6-10(9(17)5-8(11)16)22-13(23)7(2)12(15(18,19)20)21-14(22)24/h3,5-6H,1,4H2,2H3,(H,21,24). The molecule has 2 rings (SSSR count). The van der Waals surface area contributed by atoms with Crippen LogP contribution in [0.15, 0.2) is 34.4 Å². The van der Waals surface area contributed by atoms with Crippen molar-refractivity contribution in [2.24, 2.45) is 0 Å². The maximum Gasteiger partial charge on any atom is 0.431 e. The average molecular weight is 379 g/mol. The van der Waals surface area contributed by atoms with Crippen molar-refractivity contribution >= 4 is 11.6 Å². The zero-order valence-electron chi connectivity index (χ0n) is 12.7. The van der Waals surface area contributed by atoms with E-state index in [1.54, 1.807) is 4.98 Å². The minimum absolute atomic E-state index is 0.00207. The Kier molecular flexibility index (Phi) is 5.07. The van der Waals surface area contributed by atoms with E-state index in [0.717, 1.165) is 19.1 Å². The molecule has 0 amide bonds. The summed E-state index contributed by atoms with van der Waals surface area (Å²) >= 11 is 5.80. The van der Waals surface area contributed by atoms with Gasteiger partial charge < -0.3 is 9.72 Å². The average Bonchev–Trinajstić information content (AvgIpc) is 2.50. The summed E-state index contributed by atoms with van der Waals surface area (Å²) in [5.74, 6) is -1.15. The minimum atomic E-state index is -4.93. The topological polar surface area (TPSA) is 64.1 Å². The van der Waals surface area contributed by atoms with Crippen LogP contribution in [0, 0.1) is 12.7 Å². The summed E-state index contributed by atoms with van der Waals surface area (Å²) in [5.41, 5.74) is -5.62. The smallest absolute Gasteiger partial charge is 0.431 e. The van der Waals surface area contributed by atoms with Gasteiger partial charge in [0.25, 0.3) is 5.56 Å². The number of halogens is 5. The first kappa shape index (κ1) is 18.8. The zero-order chi connectivity index (χ0) is 18.9. The number of ether oxygens (including phenoxy) is 1. The Morgan fingerprint density at radius 1 is 1.36 bits per heavy atom. The Morgan fingerprint density at radius 3 is 2.56 bits per heavy atom. The van der Waals surface area contributed by atoms with Gasteiger partial charge in [-0.3, -0.25) is 4.79 Å². The number of aromatic amines is 1. The summed E-state index contributed by atoms with van der Waals surface area (Å²) in [6.07, 6.45) is -3.56. The molecule has 1 N–H and O–H groups in total. The van der Waals surface area contributed by atoms with Crippen LogP contribution in [0.2, 0.25) is 5.02 Å². The first-order valence-electron chi connectivity index (χ1n) is 6.74. The number of nitrogens with zero attached hydrogens (tertiary/aromatic N) is 1. The first-order valence-corrected chi connectivity index (χ1v) is 7.12. The van der Waals surface area contributed by atoms with Crippen molar-refractivity contribution in [2.75, 3.05) is 6.61 Å². The van der Waals surface area contributed by atoms with Crippen LogP contribution in [0.3, 0.4) is 0 Å². The summed E-state index contributed by atoms with van der Waals surface area (Å²) in [7, 11) is 0. The molecule has 1 heterocycles. The molecule has 1 aromatic heterocycles. The number of hydrogen-bond acceptors (Lipinski definition) is 3. The van der Waals surface area contributed by atoms with Crippen LogP contribution >= 0.6 is 11.6 Å². The highest BCUT2D eigenvalue weighted by molar-refractivity contribution is 6.32. The third kappa shape index (κ3) is 3.60. The van der Waals surface area contributed by atoms with E-state index in [-0.39, 0.29) is 21.9 Å². The van der Waals surface area contributed by atoms with E-state index in [1.165, 1.54) is 6.08 Å². The van der Waals surface area contributed by atoms with Crippen molar-refractivity contribution in [3.63, 3.8) is 0 Å². The fraction of sp³-hybridized carbons (Fsp3) is 0.200. The Bertz CT molecular complexity index is 948. The van der Waals surface area contributed by atoms with Crippen molar-refractivity contribution in [1.29, 1.82) is 0 Å². The fourth-order valence-electron chi connectivity index (χ4n) is 2.07. The number of rotatable bonds is 4. The van der Waals surface area contributed by atoms with Gasteiger partial charge in [0.1, 0.15) is 23.9 Å². The Labute approximate surface area is 143 Å². The highest BCUT2D eigenvalue weighted by Gasteiger charge is 2.36. The molecule has 0 spiro atoms. The van der Waals surface area contributed by atoms with E-state index in [2.05, 4.69) is 6.58 Å². The van der Waals surface area contributed by atoms with Crippen LogP contribution in [-0.4, -0.2) is 16.2 Å². The van der Waals surface area contributed by atoms with Gasteiger partial charge in [-0.2, -0.15) is 13.2 Å². The normalized spacial score (nSPS) is 11.4. The van der Waals surface area contributed by atoms with Gasteiger partial charge in [0.2, 0.25) is 0 Å². The molecule has 1 aromatic carbocycles. The molecule has 134 valence electrons. The highest BCUT2D eigenvalue weighted by atomic mass is 35.5. The van der Waals surface area contributed by atoms with Gasteiger partial charge in [-0.1, -0.05) is 24.3 Å². The van der Waals surface area contributed by atoms with Crippen LogP contribution in [0.25, 0.3) is 5.69 Å². The molecule has 0 fully saturated rings. The van der Waals surface area contributed by atoms with Crippen molar-refractivity contribution in [3.05, 3.63) is 67.7 Å².